The van der Waals surface area contributed by atoms with Crippen molar-refractivity contribution in [3.8, 4) is 17.2 Å². The van der Waals surface area contributed by atoms with Gasteiger partial charge in [-0.05, 0) is 50.8 Å². The molecule has 7 heteroatoms. The maximum Gasteiger partial charge on any atom is 0.339 e. The maximum atomic E-state index is 13.2. The SMILES string of the molecule is COc1cc(C(=O)O[C@@H]2/C=C(\C)CC[C@@H]3O[C@@]3(C)C[C@@H](O)[C@@H]2C(C)C)cc(OC)c1OC. The fourth-order valence-corrected chi connectivity index (χ4v) is 4.77. The van der Waals surface area contributed by atoms with Gasteiger partial charge in [0.15, 0.2) is 11.5 Å². The first kappa shape index (κ1) is 24.4. The molecule has 0 bridgehead atoms. The van der Waals surface area contributed by atoms with E-state index in [4.69, 9.17) is 23.7 Å². The van der Waals surface area contributed by atoms with Crippen molar-refractivity contribution in [1.29, 1.82) is 0 Å². The highest BCUT2D eigenvalue weighted by molar-refractivity contribution is 5.91. The maximum absolute atomic E-state index is 13.2. The number of hydrogen-bond donors (Lipinski definition) is 1. The van der Waals surface area contributed by atoms with Crippen LogP contribution in [0.2, 0.25) is 0 Å². The summed E-state index contributed by atoms with van der Waals surface area (Å²) in [6.07, 6.45) is 3.19. The molecular weight excluding hydrogens is 412 g/mol. The lowest BCUT2D eigenvalue weighted by molar-refractivity contribution is -0.0253. The average molecular weight is 449 g/mol. The van der Waals surface area contributed by atoms with Crippen LogP contribution in [0.5, 0.6) is 17.2 Å². The monoisotopic (exact) mass is 448 g/mol. The van der Waals surface area contributed by atoms with Crippen molar-refractivity contribution < 1.29 is 33.6 Å². The minimum absolute atomic E-state index is 0.0898. The standard InChI is InChI=1S/C25H36O7/c1-14(2)22-17(26)13-25(4)21(32-25)9-8-15(3)10-18(22)31-24(27)16-11-19(28-5)23(30-7)20(12-16)29-6/h10-12,14,17-18,21-22,26H,8-9,13H2,1-7H3/b15-10+/t17-,18-,21+,22+,25+/m1/s1. The van der Waals surface area contributed by atoms with Gasteiger partial charge in [0, 0.05) is 12.3 Å². The van der Waals surface area contributed by atoms with E-state index in [9.17, 15) is 9.90 Å². The van der Waals surface area contributed by atoms with Crippen LogP contribution in [0.25, 0.3) is 0 Å². The predicted molar refractivity (Wildman–Crippen MR) is 121 cm³/mol. The second kappa shape index (κ2) is 9.71. The van der Waals surface area contributed by atoms with Crippen LogP contribution in [0.4, 0.5) is 0 Å². The second-order valence-corrected chi connectivity index (χ2v) is 9.35. The van der Waals surface area contributed by atoms with Gasteiger partial charge >= 0.3 is 5.97 Å². The lowest BCUT2D eigenvalue weighted by atomic mass is 9.79. The summed E-state index contributed by atoms with van der Waals surface area (Å²) in [5.74, 6) is 0.468. The Bertz CT molecular complexity index is 837. The molecule has 0 amide bonds. The number of benzene rings is 1. The highest BCUT2D eigenvalue weighted by Crippen LogP contribution is 2.46. The quantitative estimate of drug-likeness (QED) is 0.397. The van der Waals surface area contributed by atoms with E-state index in [0.717, 1.165) is 18.4 Å². The Morgan fingerprint density at radius 1 is 1.16 bits per heavy atom. The molecule has 0 radical (unpaired) electrons. The van der Waals surface area contributed by atoms with Crippen molar-refractivity contribution in [1.82, 2.24) is 0 Å². The number of methoxy groups -OCH3 is 3. The number of aliphatic hydroxyl groups excluding tert-OH is 1. The van der Waals surface area contributed by atoms with Gasteiger partial charge in [0.1, 0.15) is 6.10 Å². The zero-order valence-electron chi connectivity index (χ0n) is 20.1. The van der Waals surface area contributed by atoms with E-state index >= 15 is 0 Å². The number of epoxide rings is 1. The largest absolute Gasteiger partial charge is 0.493 e. The molecule has 0 spiro atoms. The summed E-state index contributed by atoms with van der Waals surface area (Å²) in [6, 6.07) is 3.15. The highest BCUT2D eigenvalue weighted by atomic mass is 16.6. The van der Waals surface area contributed by atoms with Crippen molar-refractivity contribution in [2.75, 3.05) is 21.3 Å². The highest BCUT2D eigenvalue weighted by Gasteiger charge is 2.54. The number of carbonyl (C=O) groups excluding carboxylic acids is 1. The van der Waals surface area contributed by atoms with Crippen LogP contribution in [-0.2, 0) is 9.47 Å². The summed E-state index contributed by atoms with van der Waals surface area (Å²) in [5.41, 5.74) is 1.10. The van der Waals surface area contributed by atoms with Crippen LogP contribution >= 0.6 is 0 Å². The van der Waals surface area contributed by atoms with Crippen LogP contribution in [-0.4, -0.2) is 56.3 Å². The number of rotatable bonds is 6. The third-order valence-corrected chi connectivity index (χ3v) is 6.64. The smallest absolute Gasteiger partial charge is 0.339 e. The van der Waals surface area contributed by atoms with E-state index in [1.54, 1.807) is 12.1 Å². The Morgan fingerprint density at radius 2 is 1.78 bits per heavy atom. The number of aliphatic hydroxyl groups is 1. The van der Waals surface area contributed by atoms with Crippen molar-refractivity contribution in [2.45, 2.75) is 70.9 Å². The molecule has 178 valence electrons. The van der Waals surface area contributed by atoms with E-state index in [-0.39, 0.29) is 29.1 Å². The normalized spacial score (nSPS) is 31.7. The van der Waals surface area contributed by atoms with Crippen molar-refractivity contribution in [2.24, 2.45) is 11.8 Å². The lowest BCUT2D eigenvalue weighted by Gasteiger charge is -2.33. The molecule has 1 heterocycles. The number of hydrogen-bond acceptors (Lipinski definition) is 7. The molecule has 1 aliphatic carbocycles. The summed E-state index contributed by atoms with van der Waals surface area (Å²) in [5, 5.41) is 11.1. The Hall–Kier alpha value is -2.25. The van der Waals surface area contributed by atoms with Crippen molar-refractivity contribution >= 4 is 5.97 Å². The molecule has 32 heavy (non-hydrogen) atoms. The van der Waals surface area contributed by atoms with Gasteiger partial charge in [0.25, 0.3) is 0 Å². The van der Waals surface area contributed by atoms with Crippen LogP contribution < -0.4 is 14.2 Å². The van der Waals surface area contributed by atoms with Gasteiger partial charge in [-0.25, -0.2) is 4.79 Å². The van der Waals surface area contributed by atoms with Gasteiger partial charge in [-0.3, -0.25) is 0 Å². The van der Waals surface area contributed by atoms with E-state index in [2.05, 4.69) is 6.92 Å². The molecule has 1 aromatic carbocycles. The third kappa shape index (κ3) is 5.04. The summed E-state index contributed by atoms with van der Waals surface area (Å²) in [7, 11) is 4.51. The predicted octanol–water partition coefficient (Wildman–Crippen LogP) is 4.16. The zero-order valence-corrected chi connectivity index (χ0v) is 20.1. The van der Waals surface area contributed by atoms with Crippen LogP contribution in [0.15, 0.2) is 23.8 Å². The number of carbonyl (C=O) groups is 1. The Morgan fingerprint density at radius 3 is 2.31 bits per heavy atom. The summed E-state index contributed by atoms with van der Waals surface area (Å²) in [6.45, 7) is 8.16. The molecule has 1 fully saturated rings. The van der Waals surface area contributed by atoms with E-state index in [1.807, 2.05) is 26.8 Å². The summed E-state index contributed by atoms with van der Waals surface area (Å²) in [4.78, 5) is 13.2. The van der Waals surface area contributed by atoms with E-state index in [0.29, 0.717) is 23.7 Å². The van der Waals surface area contributed by atoms with Crippen molar-refractivity contribution in [3.05, 3.63) is 29.3 Å². The fourth-order valence-electron chi connectivity index (χ4n) is 4.77. The molecule has 0 aromatic heterocycles. The third-order valence-electron chi connectivity index (χ3n) is 6.64. The van der Waals surface area contributed by atoms with Crippen LogP contribution in [0.1, 0.15) is 57.3 Å². The summed E-state index contributed by atoms with van der Waals surface area (Å²) >= 11 is 0. The topological polar surface area (TPSA) is 86.8 Å². The first-order valence-corrected chi connectivity index (χ1v) is 11.2. The first-order valence-electron chi connectivity index (χ1n) is 11.2. The Balaban J connectivity index is 1.93. The van der Waals surface area contributed by atoms with Gasteiger partial charge in [-0.15, -0.1) is 0 Å². The summed E-state index contributed by atoms with van der Waals surface area (Å²) < 4.78 is 28.0. The second-order valence-electron chi connectivity index (χ2n) is 9.35. The molecule has 1 saturated heterocycles. The van der Waals surface area contributed by atoms with Gasteiger partial charge in [0.2, 0.25) is 5.75 Å². The molecule has 3 rings (SSSR count). The van der Waals surface area contributed by atoms with Crippen LogP contribution in [0.3, 0.4) is 0 Å². The number of esters is 1. The minimum Gasteiger partial charge on any atom is -0.493 e. The zero-order chi connectivity index (χ0) is 23.6. The first-order chi connectivity index (χ1) is 15.1. The van der Waals surface area contributed by atoms with Crippen molar-refractivity contribution in [3.63, 3.8) is 0 Å². The minimum atomic E-state index is -0.662. The Labute approximate surface area is 190 Å². The van der Waals surface area contributed by atoms with Gasteiger partial charge in [0.05, 0.1) is 44.7 Å². The van der Waals surface area contributed by atoms with Crippen LogP contribution in [0, 0.1) is 11.8 Å². The molecule has 0 saturated carbocycles. The molecule has 1 N–H and O–H groups in total. The fraction of sp³-hybridized carbons (Fsp3) is 0.640. The molecule has 7 nitrogen and oxygen atoms in total. The molecule has 1 aliphatic heterocycles. The Kier molecular flexibility index (Phi) is 7.40. The lowest BCUT2D eigenvalue weighted by Crippen LogP contribution is -2.40. The van der Waals surface area contributed by atoms with Gasteiger partial charge < -0.3 is 28.8 Å². The number of allylic oxidation sites excluding steroid dienone is 1. The number of ether oxygens (including phenoxy) is 5. The number of fused-ring (bicyclic) bond motifs is 1. The van der Waals surface area contributed by atoms with E-state index in [1.165, 1.54) is 21.3 Å². The molecule has 5 atom stereocenters. The molecule has 2 aliphatic rings. The average Bonchev–Trinajstić information content (AvgIpc) is 3.39. The molecular formula is C25H36O7. The molecule has 0 unspecified atom stereocenters. The van der Waals surface area contributed by atoms with Gasteiger partial charge in [-0.1, -0.05) is 19.4 Å². The van der Waals surface area contributed by atoms with E-state index < -0.39 is 18.2 Å². The van der Waals surface area contributed by atoms with Gasteiger partial charge in [-0.2, -0.15) is 0 Å². The molecule has 1 aromatic rings.